The quantitative estimate of drug-likeness (QED) is 0.261. The van der Waals surface area contributed by atoms with Crippen molar-refractivity contribution in [2.45, 2.75) is 19.0 Å². The number of aliphatic imine (C=N–C) groups is 1. The smallest absolute Gasteiger partial charge is 0.191 e. The lowest BCUT2D eigenvalue weighted by atomic mass is 10.2. The van der Waals surface area contributed by atoms with Crippen molar-refractivity contribution in [2.24, 2.45) is 4.99 Å². The zero-order chi connectivity index (χ0) is 22.3. The Morgan fingerprint density at radius 3 is 2.42 bits per heavy atom. The summed E-state index contributed by atoms with van der Waals surface area (Å²) < 4.78 is 12.7. The van der Waals surface area contributed by atoms with E-state index in [2.05, 4.69) is 49.9 Å². The second-order valence-electron chi connectivity index (χ2n) is 7.69. The Morgan fingerprint density at radius 1 is 1.09 bits per heavy atom. The summed E-state index contributed by atoms with van der Waals surface area (Å²) in [6, 6.07) is 16.5. The topological polar surface area (TPSA) is 75.9 Å². The van der Waals surface area contributed by atoms with Crippen LogP contribution in [0.15, 0.2) is 65.9 Å². The van der Waals surface area contributed by atoms with Gasteiger partial charge in [0.05, 0.1) is 19.9 Å². The molecule has 0 amide bonds. The van der Waals surface area contributed by atoms with Gasteiger partial charge in [0.2, 0.25) is 0 Å². The van der Waals surface area contributed by atoms with E-state index >= 15 is 0 Å². The third-order valence-electron chi connectivity index (χ3n) is 5.62. The maximum Gasteiger partial charge on any atom is 0.191 e. The van der Waals surface area contributed by atoms with Gasteiger partial charge in [-0.3, -0.25) is 4.99 Å². The molecule has 0 bridgehead atoms. The number of aromatic nitrogens is 2. The van der Waals surface area contributed by atoms with Crippen LogP contribution in [0.1, 0.15) is 12.0 Å². The molecule has 2 N–H and O–H groups in total. The van der Waals surface area contributed by atoms with Crippen molar-refractivity contribution in [2.75, 3.05) is 39.3 Å². The zero-order valence-corrected chi connectivity index (χ0v) is 21.5. The minimum atomic E-state index is 0. The molecule has 2 aromatic carbocycles. The van der Waals surface area contributed by atoms with E-state index in [1.54, 1.807) is 27.5 Å². The first-order chi connectivity index (χ1) is 15.7. The third kappa shape index (κ3) is 6.31. The Kier molecular flexibility index (Phi) is 8.81. The molecule has 3 aromatic rings. The van der Waals surface area contributed by atoms with Crippen LogP contribution in [-0.2, 0) is 6.54 Å². The number of guanidine groups is 1. The largest absolute Gasteiger partial charge is 0.497 e. The standard InChI is InChI=1S/C24H30N6O2.HI/c1-25-24(26-16-18-5-7-20(8-6-18)30-11-4-10-27-30)28-19-9-12-29(17-19)21-13-22(31-2)15-23(14-21)32-3;/h4-8,10-11,13-15,19H,9,12,16-17H2,1-3H3,(H2,25,26,28);1H. The van der Waals surface area contributed by atoms with Crippen LogP contribution in [0.5, 0.6) is 11.5 Å². The van der Waals surface area contributed by atoms with Crippen LogP contribution < -0.4 is 25.0 Å². The minimum Gasteiger partial charge on any atom is -0.497 e. The molecule has 8 nitrogen and oxygen atoms in total. The summed E-state index contributed by atoms with van der Waals surface area (Å²) in [6.45, 7) is 2.54. The van der Waals surface area contributed by atoms with Crippen LogP contribution in [0.3, 0.4) is 0 Å². The van der Waals surface area contributed by atoms with E-state index in [4.69, 9.17) is 9.47 Å². The molecule has 1 aromatic heterocycles. The number of hydrogen-bond acceptors (Lipinski definition) is 5. The molecule has 0 aliphatic carbocycles. The monoisotopic (exact) mass is 562 g/mol. The molecule has 0 spiro atoms. The maximum absolute atomic E-state index is 5.41. The second-order valence-corrected chi connectivity index (χ2v) is 7.69. The molecular weight excluding hydrogens is 531 g/mol. The number of anilines is 1. The van der Waals surface area contributed by atoms with Crippen molar-refractivity contribution in [1.82, 2.24) is 20.4 Å². The number of methoxy groups -OCH3 is 2. The van der Waals surface area contributed by atoms with E-state index in [1.807, 2.05) is 35.1 Å². The summed E-state index contributed by atoms with van der Waals surface area (Å²) in [5.74, 6) is 2.40. The molecule has 0 radical (unpaired) electrons. The Hall–Kier alpha value is -2.95. The van der Waals surface area contributed by atoms with Gasteiger partial charge < -0.3 is 25.0 Å². The van der Waals surface area contributed by atoms with E-state index in [1.165, 1.54) is 5.56 Å². The Bertz CT molecular complexity index is 1020. The van der Waals surface area contributed by atoms with Crippen molar-refractivity contribution >= 4 is 35.6 Å². The molecule has 33 heavy (non-hydrogen) atoms. The fourth-order valence-electron chi connectivity index (χ4n) is 3.85. The lowest BCUT2D eigenvalue weighted by Crippen LogP contribution is -2.44. The number of nitrogens with zero attached hydrogens (tertiary/aromatic N) is 4. The molecule has 1 aliphatic heterocycles. The fourth-order valence-corrected chi connectivity index (χ4v) is 3.85. The van der Waals surface area contributed by atoms with Gasteiger partial charge in [0, 0.05) is 69.0 Å². The molecule has 9 heteroatoms. The number of ether oxygens (including phenoxy) is 2. The highest BCUT2D eigenvalue weighted by molar-refractivity contribution is 14.0. The summed E-state index contributed by atoms with van der Waals surface area (Å²) in [6.07, 6.45) is 4.74. The van der Waals surface area contributed by atoms with E-state index in [0.717, 1.165) is 48.3 Å². The average molecular weight is 562 g/mol. The van der Waals surface area contributed by atoms with E-state index < -0.39 is 0 Å². The molecule has 4 rings (SSSR count). The Labute approximate surface area is 212 Å². The van der Waals surface area contributed by atoms with E-state index in [9.17, 15) is 0 Å². The minimum absolute atomic E-state index is 0. The summed E-state index contributed by atoms with van der Waals surface area (Å²) >= 11 is 0. The van der Waals surface area contributed by atoms with E-state index in [0.29, 0.717) is 12.6 Å². The van der Waals surface area contributed by atoms with Crippen LogP contribution in [0.25, 0.3) is 5.69 Å². The summed E-state index contributed by atoms with van der Waals surface area (Å²) in [5.41, 5.74) is 3.33. The van der Waals surface area contributed by atoms with Gasteiger partial charge in [-0.05, 0) is 30.2 Å². The van der Waals surface area contributed by atoms with Gasteiger partial charge in [0.15, 0.2) is 5.96 Å². The van der Waals surface area contributed by atoms with E-state index in [-0.39, 0.29) is 24.0 Å². The Balaban J connectivity index is 0.00000306. The molecular formula is C24H31IN6O2. The van der Waals surface area contributed by atoms with Crippen molar-refractivity contribution in [1.29, 1.82) is 0 Å². The maximum atomic E-state index is 5.41. The molecule has 0 saturated carbocycles. The first-order valence-corrected chi connectivity index (χ1v) is 10.7. The van der Waals surface area contributed by atoms with Gasteiger partial charge in [-0.1, -0.05) is 12.1 Å². The predicted octanol–water partition coefficient (Wildman–Crippen LogP) is 3.45. The van der Waals surface area contributed by atoms with Gasteiger partial charge >= 0.3 is 0 Å². The third-order valence-corrected chi connectivity index (χ3v) is 5.62. The molecule has 2 heterocycles. The lowest BCUT2D eigenvalue weighted by molar-refractivity contribution is 0.394. The highest BCUT2D eigenvalue weighted by Gasteiger charge is 2.24. The molecule has 176 valence electrons. The normalized spacial score (nSPS) is 15.7. The van der Waals surface area contributed by atoms with Gasteiger partial charge in [0.25, 0.3) is 0 Å². The molecule has 1 fully saturated rings. The van der Waals surface area contributed by atoms with Crippen molar-refractivity contribution < 1.29 is 9.47 Å². The summed E-state index contributed by atoms with van der Waals surface area (Å²) in [7, 11) is 5.15. The molecule has 1 saturated heterocycles. The highest BCUT2D eigenvalue weighted by atomic mass is 127. The number of nitrogens with one attached hydrogen (secondary N) is 2. The number of rotatable bonds is 7. The second kappa shape index (κ2) is 11.8. The van der Waals surface area contributed by atoms with Gasteiger partial charge in [-0.2, -0.15) is 5.10 Å². The number of benzene rings is 2. The van der Waals surface area contributed by atoms with Crippen molar-refractivity contribution in [3.63, 3.8) is 0 Å². The van der Waals surface area contributed by atoms with Crippen LogP contribution in [0.2, 0.25) is 0 Å². The lowest BCUT2D eigenvalue weighted by Gasteiger charge is -2.21. The van der Waals surface area contributed by atoms with Crippen LogP contribution in [0, 0.1) is 0 Å². The van der Waals surface area contributed by atoms with Gasteiger partial charge in [-0.25, -0.2) is 4.68 Å². The molecule has 1 atom stereocenters. The van der Waals surface area contributed by atoms with Crippen molar-refractivity contribution in [3.8, 4) is 17.2 Å². The van der Waals surface area contributed by atoms with Crippen molar-refractivity contribution in [3.05, 3.63) is 66.5 Å². The molecule has 1 unspecified atom stereocenters. The summed E-state index contributed by atoms with van der Waals surface area (Å²) in [5, 5.41) is 11.2. The first-order valence-electron chi connectivity index (χ1n) is 10.7. The number of halogens is 1. The van der Waals surface area contributed by atoms with Crippen LogP contribution >= 0.6 is 24.0 Å². The van der Waals surface area contributed by atoms with Crippen LogP contribution in [0.4, 0.5) is 5.69 Å². The SMILES string of the molecule is CN=C(NCc1ccc(-n2cccn2)cc1)NC1CCN(c2cc(OC)cc(OC)c2)C1.I. The first kappa shape index (κ1) is 24.7. The predicted molar refractivity (Wildman–Crippen MR) is 142 cm³/mol. The summed E-state index contributed by atoms with van der Waals surface area (Å²) in [4.78, 5) is 6.74. The Morgan fingerprint density at radius 2 is 1.82 bits per heavy atom. The fraction of sp³-hybridized carbons (Fsp3) is 0.333. The average Bonchev–Trinajstić information content (AvgIpc) is 3.54. The van der Waals surface area contributed by atoms with Crippen LogP contribution in [-0.4, -0.2) is 56.1 Å². The van der Waals surface area contributed by atoms with Gasteiger partial charge in [0.1, 0.15) is 11.5 Å². The molecule has 1 aliphatic rings. The van der Waals surface area contributed by atoms with Gasteiger partial charge in [-0.15, -0.1) is 24.0 Å². The zero-order valence-electron chi connectivity index (χ0n) is 19.2. The number of hydrogen-bond donors (Lipinski definition) is 2. The highest BCUT2D eigenvalue weighted by Crippen LogP contribution is 2.30.